The van der Waals surface area contributed by atoms with E-state index in [-0.39, 0.29) is 17.9 Å². The third-order valence-electron chi connectivity index (χ3n) is 4.74. The van der Waals surface area contributed by atoms with E-state index in [0.717, 1.165) is 32.2 Å². The number of rotatable bonds is 7. The Bertz CT molecular complexity index is 289. The van der Waals surface area contributed by atoms with Gasteiger partial charge in [0.15, 0.2) is 0 Å². The van der Waals surface area contributed by atoms with Crippen molar-refractivity contribution in [3.8, 4) is 0 Å². The van der Waals surface area contributed by atoms with Gasteiger partial charge < -0.3 is 16.0 Å². The van der Waals surface area contributed by atoms with Gasteiger partial charge in [-0.05, 0) is 64.6 Å². The van der Waals surface area contributed by atoms with Crippen molar-refractivity contribution >= 4 is 5.91 Å². The Morgan fingerprint density at radius 2 is 1.90 bits per heavy atom. The maximum absolute atomic E-state index is 11.9. The molecule has 2 unspecified atom stereocenters. The zero-order chi connectivity index (χ0) is 14.2. The minimum absolute atomic E-state index is 0.179. The van der Waals surface area contributed by atoms with Crippen LogP contribution in [0.25, 0.3) is 0 Å². The lowest BCUT2D eigenvalue weighted by molar-refractivity contribution is -0.124. The van der Waals surface area contributed by atoms with E-state index in [1.165, 1.54) is 51.7 Å². The van der Waals surface area contributed by atoms with Gasteiger partial charge in [0, 0.05) is 18.5 Å². The summed E-state index contributed by atoms with van der Waals surface area (Å²) in [6, 6.07) is 0.246. The summed E-state index contributed by atoms with van der Waals surface area (Å²) >= 11 is 0. The van der Waals surface area contributed by atoms with E-state index in [9.17, 15) is 4.79 Å². The second-order valence-corrected chi connectivity index (χ2v) is 6.52. The summed E-state index contributed by atoms with van der Waals surface area (Å²) in [5, 5.41) is 3.08. The second-order valence-electron chi connectivity index (χ2n) is 6.52. The van der Waals surface area contributed by atoms with Gasteiger partial charge in [-0.25, -0.2) is 0 Å². The van der Waals surface area contributed by atoms with E-state index in [1.54, 1.807) is 0 Å². The normalized spacial score (nSPS) is 27.6. The van der Waals surface area contributed by atoms with Crippen LogP contribution in [0.4, 0.5) is 0 Å². The van der Waals surface area contributed by atoms with Gasteiger partial charge in [-0.3, -0.25) is 4.79 Å². The van der Waals surface area contributed by atoms with Crippen LogP contribution in [0.15, 0.2) is 0 Å². The van der Waals surface area contributed by atoms with Gasteiger partial charge >= 0.3 is 0 Å². The van der Waals surface area contributed by atoms with Crippen molar-refractivity contribution in [3.63, 3.8) is 0 Å². The quantitative estimate of drug-likeness (QED) is 0.701. The molecule has 1 saturated carbocycles. The minimum Gasteiger partial charge on any atom is -0.356 e. The molecule has 2 aliphatic rings. The molecule has 0 aromatic carbocycles. The first-order valence-electron chi connectivity index (χ1n) is 8.51. The molecule has 0 aromatic rings. The van der Waals surface area contributed by atoms with E-state index in [0.29, 0.717) is 0 Å². The van der Waals surface area contributed by atoms with Crippen LogP contribution in [0.1, 0.15) is 57.8 Å². The van der Waals surface area contributed by atoms with Crippen molar-refractivity contribution in [1.29, 1.82) is 0 Å². The smallest absolute Gasteiger partial charge is 0.223 e. The van der Waals surface area contributed by atoms with Crippen molar-refractivity contribution in [2.45, 2.75) is 63.8 Å². The summed E-state index contributed by atoms with van der Waals surface area (Å²) in [4.78, 5) is 14.5. The number of hydrogen-bond acceptors (Lipinski definition) is 3. The number of nitrogens with two attached hydrogens (primary N) is 1. The summed E-state index contributed by atoms with van der Waals surface area (Å²) in [6.07, 6.45) is 10.6. The Labute approximate surface area is 123 Å². The molecule has 2 fully saturated rings. The number of amides is 1. The van der Waals surface area contributed by atoms with Crippen molar-refractivity contribution in [2.24, 2.45) is 11.7 Å². The van der Waals surface area contributed by atoms with Crippen LogP contribution in [0, 0.1) is 5.92 Å². The zero-order valence-corrected chi connectivity index (χ0v) is 12.8. The zero-order valence-electron chi connectivity index (χ0n) is 12.8. The van der Waals surface area contributed by atoms with Gasteiger partial charge in [-0.15, -0.1) is 0 Å². The number of carbonyl (C=O) groups excluding carboxylic acids is 1. The topological polar surface area (TPSA) is 58.4 Å². The highest BCUT2D eigenvalue weighted by molar-refractivity contribution is 5.78. The van der Waals surface area contributed by atoms with Gasteiger partial charge in [0.2, 0.25) is 5.91 Å². The van der Waals surface area contributed by atoms with Crippen LogP contribution in [-0.2, 0) is 4.79 Å². The first-order valence-corrected chi connectivity index (χ1v) is 8.51. The van der Waals surface area contributed by atoms with E-state index in [4.69, 9.17) is 5.73 Å². The molecule has 0 radical (unpaired) electrons. The fourth-order valence-corrected chi connectivity index (χ4v) is 3.43. The fraction of sp³-hybridized carbons (Fsp3) is 0.938. The van der Waals surface area contributed by atoms with Gasteiger partial charge in [0.25, 0.3) is 0 Å². The monoisotopic (exact) mass is 281 g/mol. The minimum atomic E-state index is 0.179. The molecule has 0 spiro atoms. The van der Waals surface area contributed by atoms with Crippen molar-refractivity contribution < 1.29 is 4.79 Å². The summed E-state index contributed by atoms with van der Waals surface area (Å²) in [5.41, 5.74) is 5.84. The van der Waals surface area contributed by atoms with E-state index < -0.39 is 0 Å². The number of unbranched alkanes of at least 4 members (excludes halogenated alkanes) is 2. The van der Waals surface area contributed by atoms with Crippen LogP contribution in [0.5, 0.6) is 0 Å². The summed E-state index contributed by atoms with van der Waals surface area (Å²) in [7, 11) is 0. The number of nitrogens with zero attached hydrogens (tertiary/aromatic N) is 1. The van der Waals surface area contributed by atoms with Crippen molar-refractivity contribution in [1.82, 2.24) is 10.2 Å². The molecule has 0 aromatic heterocycles. The lowest BCUT2D eigenvalue weighted by Crippen LogP contribution is -2.32. The van der Waals surface area contributed by atoms with Crippen LogP contribution in [0.3, 0.4) is 0 Å². The molecule has 1 aliphatic heterocycles. The Hall–Kier alpha value is -0.610. The first kappa shape index (κ1) is 15.8. The molecule has 116 valence electrons. The van der Waals surface area contributed by atoms with E-state index >= 15 is 0 Å². The molecule has 1 amide bonds. The molecule has 20 heavy (non-hydrogen) atoms. The number of carbonyl (C=O) groups is 1. The molecule has 4 nitrogen and oxygen atoms in total. The number of nitrogens with one attached hydrogen (secondary N) is 1. The predicted octanol–water partition coefficient (Wildman–Crippen LogP) is 1.89. The van der Waals surface area contributed by atoms with E-state index in [2.05, 4.69) is 10.2 Å². The maximum atomic E-state index is 11.9. The van der Waals surface area contributed by atoms with Gasteiger partial charge in [0.05, 0.1) is 0 Å². The van der Waals surface area contributed by atoms with E-state index in [1.807, 2.05) is 0 Å². The Balaban J connectivity index is 1.44. The number of likely N-dealkylation sites (tertiary alicyclic amines) is 1. The molecule has 0 bridgehead atoms. The molecular formula is C16H31N3O. The molecule has 1 aliphatic carbocycles. The molecule has 3 N–H and O–H groups in total. The number of hydrogen-bond donors (Lipinski definition) is 2. The highest BCUT2D eigenvalue weighted by Crippen LogP contribution is 2.23. The summed E-state index contributed by atoms with van der Waals surface area (Å²) < 4.78 is 0. The molecule has 2 atom stereocenters. The third kappa shape index (κ3) is 5.41. The first-order chi connectivity index (χ1) is 9.75. The van der Waals surface area contributed by atoms with Gasteiger partial charge in [-0.1, -0.05) is 12.8 Å². The molecule has 2 rings (SSSR count). The largest absolute Gasteiger partial charge is 0.356 e. The van der Waals surface area contributed by atoms with Gasteiger partial charge in [-0.2, -0.15) is 0 Å². The van der Waals surface area contributed by atoms with Crippen LogP contribution in [-0.4, -0.2) is 43.0 Å². The fourth-order valence-electron chi connectivity index (χ4n) is 3.43. The average molecular weight is 281 g/mol. The van der Waals surface area contributed by atoms with Crippen LogP contribution >= 0.6 is 0 Å². The van der Waals surface area contributed by atoms with Crippen molar-refractivity contribution in [3.05, 3.63) is 0 Å². The molecule has 1 saturated heterocycles. The van der Waals surface area contributed by atoms with Crippen LogP contribution < -0.4 is 11.1 Å². The highest BCUT2D eigenvalue weighted by atomic mass is 16.1. The highest BCUT2D eigenvalue weighted by Gasteiger charge is 2.27. The Morgan fingerprint density at radius 1 is 1.10 bits per heavy atom. The van der Waals surface area contributed by atoms with Crippen LogP contribution in [0.2, 0.25) is 0 Å². The Kier molecular flexibility index (Phi) is 6.80. The average Bonchev–Trinajstić information content (AvgIpc) is 2.90. The standard InChI is InChI=1S/C16H31N3O/c17-15-8-7-14(13-15)16(20)18-9-3-1-4-10-19-11-5-2-6-12-19/h14-15H,1-13,17H2,(H,18,20). The van der Waals surface area contributed by atoms with Crippen molar-refractivity contribution in [2.75, 3.05) is 26.2 Å². The number of piperidine rings is 1. The molecule has 1 heterocycles. The maximum Gasteiger partial charge on any atom is 0.223 e. The third-order valence-corrected chi connectivity index (χ3v) is 4.74. The summed E-state index contributed by atoms with van der Waals surface area (Å²) in [6.45, 7) is 4.66. The SMILES string of the molecule is NC1CCC(C(=O)NCCCCCN2CCCCC2)C1. The molecular weight excluding hydrogens is 250 g/mol. The van der Waals surface area contributed by atoms with Gasteiger partial charge in [0.1, 0.15) is 0 Å². The second kappa shape index (κ2) is 8.63. The predicted molar refractivity (Wildman–Crippen MR) is 82.5 cm³/mol. The lowest BCUT2D eigenvalue weighted by atomic mass is 10.1. The molecule has 4 heteroatoms. The summed E-state index contributed by atoms with van der Waals surface area (Å²) in [5.74, 6) is 0.410. The lowest BCUT2D eigenvalue weighted by Gasteiger charge is -2.26. The Morgan fingerprint density at radius 3 is 2.60 bits per heavy atom.